The van der Waals surface area contributed by atoms with Gasteiger partial charge in [0.2, 0.25) is 11.7 Å². The van der Waals surface area contributed by atoms with Crippen molar-refractivity contribution < 1.29 is 9.59 Å². The number of rotatable bonds is 7. The normalized spacial score (nSPS) is 15.3. The Labute approximate surface area is 170 Å². The maximum Gasteiger partial charge on any atom is 0.224 e. The van der Waals surface area contributed by atoms with E-state index in [1.807, 2.05) is 0 Å². The van der Waals surface area contributed by atoms with Gasteiger partial charge in [0.15, 0.2) is 5.82 Å². The highest BCUT2D eigenvalue weighted by molar-refractivity contribution is 5.91. The second-order valence-electron chi connectivity index (χ2n) is 7.61. The average molecular weight is 396 g/mol. The summed E-state index contributed by atoms with van der Waals surface area (Å²) < 4.78 is 0. The molecule has 0 unspecified atom stereocenters. The molecule has 29 heavy (non-hydrogen) atoms. The Kier molecular flexibility index (Phi) is 7.72. The number of nitrogens with one attached hydrogen (secondary N) is 1. The Morgan fingerprint density at radius 2 is 1.66 bits per heavy atom. The summed E-state index contributed by atoms with van der Waals surface area (Å²) in [6, 6.07) is 3.45. The van der Waals surface area contributed by atoms with Crippen molar-refractivity contribution in [3.05, 3.63) is 24.2 Å². The summed E-state index contributed by atoms with van der Waals surface area (Å²) in [5, 5.41) is 18.4. The lowest BCUT2D eigenvalue weighted by atomic mass is 9.86. The molecule has 1 aliphatic carbocycles. The molecule has 8 heteroatoms. The molecule has 1 amide bonds. The van der Waals surface area contributed by atoms with Gasteiger partial charge in [0.25, 0.3) is 0 Å². The lowest BCUT2D eigenvalue weighted by Gasteiger charge is -2.18. The highest BCUT2D eigenvalue weighted by Gasteiger charge is 2.19. The van der Waals surface area contributed by atoms with Gasteiger partial charge in [-0.25, -0.2) is 0 Å². The van der Waals surface area contributed by atoms with Gasteiger partial charge in [-0.15, -0.1) is 20.4 Å². The predicted octanol–water partition coefficient (Wildman–Crippen LogP) is 3.68. The van der Waals surface area contributed by atoms with E-state index in [-0.39, 0.29) is 11.8 Å². The first-order valence-electron chi connectivity index (χ1n) is 10.4. The minimum atomic E-state index is -0.111. The first-order valence-corrected chi connectivity index (χ1v) is 10.4. The van der Waals surface area contributed by atoms with Crippen molar-refractivity contribution in [2.45, 2.75) is 71.1 Å². The molecule has 1 fully saturated rings. The van der Waals surface area contributed by atoms with Crippen molar-refractivity contribution in [3.8, 4) is 11.5 Å². The Balaban J connectivity index is 1.42. The molecule has 0 atom stereocenters. The van der Waals surface area contributed by atoms with Crippen LogP contribution < -0.4 is 5.32 Å². The first-order chi connectivity index (χ1) is 14.1. The van der Waals surface area contributed by atoms with Crippen LogP contribution in [-0.4, -0.2) is 37.1 Å². The lowest BCUT2D eigenvalue weighted by Crippen LogP contribution is -2.17. The quantitative estimate of drug-likeness (QED) is 0.760. The van der Waals surface area contributed by atoms with Crippen molar-refractivity contribution in [2.75, 3.05) is 5.32 Å². The van der Waals surface area contributed by atoms with Crippen molar-refractivity contribution in [3.63, 3.8) is 0 Å². The zero-order valence-corrected chi connectivity index (χ0v) is 16.9. The van der Waals surface area contributed by atoms with Crippen molar-refractivity contribution in [1.82, 2.24) is 25.4 Å². The number of carbonyl (C=O) groups excluding carboxylic acids is 2. The summed E-state index contributed by atoms with van der Waals surface area (Å²) in [6.07, 6.45) is 11.1. The molecule has 3 rings (SSSR count). The molecule has 0 bridgehead atoms. The van der Waals surface area contributed by atoms with Crippen molar-refractivity contribution in [1.29, 1.82) is 0 Å². The van der Waals surface area contributed by atoms with E-state index in [9.17, 15) is 9.59 Å². The molecule has 0 aliphatic heterocycles. The second-order valence-corrected chi connectivity index (χ2v) is 7.61. The summed E-state index contributed by atoms with van der Waals surface area (Å²) in [4.78, 5) is 28.8. The largest absolute Gasteiger partial charge is 0.325 e. The van der Waals surface area contributed by atoms with Crippen LogP contribution in [0.5, 0.6) is 0 Å². The molecule has 0 spiro atoms. The molecule has 0 aromatic carbocycles. The second kappa shape index (κ2) is 10.7. The molecule has 0 radical (unpaired) electrons. The maximum absolute atomic E-state index is 12.4. The summed E-state index contributed by atoms with van der Waals surface area (Å²) in [7, 11) is 0. The Bertz CT molecular complexity index is 799. The van der Waals surface area contributed by atoms with E-state index >= 15 is 0 Å². The summed E-state index contributed by atoms with van der Waals surface area (Å²) in [6.45, 7) is 1.71. The van der Waals surface area contributed by atoms with E-state index in [1.54, 1.807) is 25.3 Å². The number of carbonyl (C=O) groups is 2. The van der Waals surface area contributed by atoms with Gasteiger partial charge in [-0.2, -0.15) is 0 Å². The number of pyridine rings is 1. The van der Waals surface area contributed by atoms with Crippen LogP contribution in [0.2, 0.25) is 0 Å². The number of aryl methyl sites for hydroxylation is 1. The van der Waals surface area contributed by atoms with Crippen LogP contribution in [0.4, 0.5) is 5.69 Å². The third-order valence-corrected chi connectivity index (χ3v) is 5.24. The third-order valence-electron chi connectivity index (χ3n) is 5.24. The standard InChI is InChI=1S/C21H28N6O2/c1-15-24-26-21(27-25-15)18-13-12-17(14-22-18)23-20(29)11-7-10-19(28)16-8-5-3-2-4-6-9-16/h12-14,16H,2-11H2,1H3,(H,23,29). The van der Waals surface area contributed by atoms with E-state index in [0.29, 0.717) is 48.1 Å². The van der Waals surface area contributed by atoms with Crippen LogP contribution in [0.15, 0.2) is 18.3 Å². The smallest absolute Gasteiger partial charge is 0.224 e. The highest BCUT2D eigenvalue weighted by atomic mass is 16.1. The Hall–Kier alpha value is -2.77. The lowest BCUT2D eigenvalue weighted by molar-refractivity contribution is -0.123. The number of ketones is 1. The minimum Gasteiger partial charge on any atom is -0.325 e. The number of nitrogens with zero attached hydrogens (tertiary/aromatic N) is 5. The van der Waals surface area contributed by atoms with Crippen molar-refractivity contribution in [2.24, 2.45) is 5.92 Å². The zero-order chi connectivity index (χ0) is 20.5. The summed E-state index contributed by atoms with van der Waals surface area (Å²) >= 11 is 0. The summed E-state index contributed by atoms with van der Waals surface area (Å²) in [5.41, 5.74) is 1.13. The van der Waals surface area contributed by atoms with Crippen LogP contribution in [0, 0.1) is 12.8 Å². The van der Waals surface area contributed by atoms with Gasteiger partial charge >= 0.3 is 0 Å². The van der Waals surface area contributed by atoms with Gasteiger partial charge < -0.3 is 5.32 Å². The fourth-order valence-electron chi connectivity index (χ4n) is 3.61. The summed E-state index contributed by atoms with van der Waals surface area (Å²) in [5.74, 6) is 1.24. The first kappa shape index (κ1) is 21.0. The van der Waals surface area contributed by atoms with Crippen LogP contribution in [0.1, 0.15) is 70.0 Å². The van der Waals surface area contributed by atoms with Crippen molar-refractivity contribution >= 4 is 17.4 Å². The Morgan fingerprint density at radius 1 is 0.966 bits per heavy atom. The molecular weight excluding hydrogens is 368 g/mol. The van der Waals surface area contributed by atoms with Crippen LogP contribution in [0.25, 0.3) is 11.5 Å². The molecule has 2 heterocycles. The maximum atomic E-state index is 12.4. The van der Waals surface area contributed by atoms with E-state index < -0.39 is 0 Å². The van der Waals surface area contributed by atoms with E-state index in [2.05, 4.69) is 30.7 Å². The molecule has 1 saturated carbocycles. The molecule has 154 valence electrons. The van der Waals surface area contributed by atoms with Crippen LogP contribution in [-0.2, 0) is 9.59 Å². The number of hydrogen-bond donors (Lipinski definition) is 1. The fourth-order valence-corrected chi connectivity index (χ4v) is 3.61. The van der Waals surface area contributed by atoms with E-state index in [1.165, 1.54) is 19.3 Å². The van der Waals surface area contributed by atoms with E-state index in [0.717, 1.165) is 25.7 Å². The molecule has 2 aromatic heterocycles. The molecule has 0 saturated heterocycles. The van der Waals surface area contributed by atoms with E-state index in [4.69, 9.17) is 0 Å². The number of anilines is 1. The zero-order valence-electron chi connectivity index (χ0n) is 16.9. The number of Topliss-reactive ketones (excluding diaryl/α,β-unsaturated/α-hetero) is 1. The Morgan fingerprint density at radius 3 is 2.31 bits per heavy atom. The topological polar surface area (TPSA) is 111 Å². The van der Waals surface area contributed by atoms with Crippen LogP contribution in [0.3, 0.4) is 0 Å². The van der Waals surface area contributed by atoms with Gasteiger partial charge in [-0.05, 0) is 38.3 Å². The SMILES string of the molecule is Cc1nnc(-c2ccc(NC(=O)CCCC(=O)C3CCCCCCC3)cn2)nn1. The molecule has 1 aliphatic rings. The van der Waals surface area contributed by atoms with Gasteiger partial charge in [-0.1, -0.05) is 32.1 Å². The average Bonchev–Trinajstić information content (AvgIpc) is 2.69. The third kappa shape index (κ3) is 6.66. The predicted molar refractivity (Wildman–Crippen MR) is 109 cm³/mol. The molecule has 1 N–H and O–H groups in total. The van der Waals surface area contributed by atoms with Gasteiger partial charge in [-0.3, -0.25) is 14.6 Å². The number of hydrogen-bond acceptors (Lipinski definition) is 7. The highest BCUT2D eigenvalue weighted by Crippen LogP contribution is 2.24. The fraction of sp³-hybridized carbons (Fsp3) is 0.571. The molecule has 8 nitrogen and oxygen atoms in total. The molecular formula is C21H28N6O2. The van der Waals surface area contributed by atoms with Crippen LogP contribution >= 0.6 is 0 Å². The molecule has 2 aromatic rings. The number of amides is 1. The van der Waals surface area contributed by atoms with Gasteiger partial charge in [0, 0.05) is 18.8 Å². The number of aromatic nitrogens is 5. The minimum absolute atomic E-state index is 0.111. The monoisotopic (exact) mass is 396 g/mol. The van der Waals surface area contributed by atoms with Gasteiger partial charge in [0.05, 0.1) is 11.9 Å². The van der Waals surface area contributed by atoms with Gasteiger partial charge in [0.1, 0.15) is 11.5 Å².